The molecule has 26 heavy (non-hydrogen) atoms. The first-order chi connectivity index (χ1) is 12.4. The number of amides is 1. The molecule has 0 saturated carbocycles. The number of carbonyl (C=O) groups is 1. The normalized spacial score (nSPS) is 21.0. The minimum Gasteiger partial charge on any atom is -0.493 e. The summed E-state index contributed by atoms with van der Waals surface area (Å²) in [5.41, 5.74) is 0.779. The van der Waals surface area contributed by atoms with Crippen molar-refractivity contribution in [1.82, 2.24) is 10.2 Å². The molecule has 2 atom stereocenters. The maximum Gasteiger partial charge on any atom is 0.244 e. The van der Waals surface area contributed by atoms with Crippen molar-refractivity contribution in [3.05, 3.63) is 28.8 Å². The van der Waals surface area contributed by atoms with Gasteiger partial charge in [-0.3, -0.25) is 4.79 Å². The number of nitrogens with one attached hydrogen (secondary N) is 1. The molecule has 1 aliphatic rings. The molecule has 0 aromatic heterocycles. The van der Waals surface area contributed by atoms with E-state index < -0.39 is 0 Å². The second-order valence-electron chi connectivity index (χ2n) is 7.07. The number of halogens is 1. The van der Waals surface area contributed by atoms with E-state index in [0.717, 1.165) is 37.0 Å². The van der Waals surface area contributed by atoms with Crippen molar-refractivity contribution < 1.29 is 14.3 Å². The van der Waals surface area contributed by atoms with Crippen molar-refractivity contribution >= 4 is 23.6 Å². The molecule has 144 valence electrons. The minimum atomic E-state index is -0.117. The summed E-state index contributed by atoms with van der Waals surface area (Å²) in [6, 6.07) is 3.52. The molecule has 0 aliphatic carbocycles. The van der Waals surface area contributed by atoms with Crippen LogP contribution in [0, 0.1) is 11.8 Å². The Morgan fingerprint density at radius 2 is 1.96 bits per heavy atom. The van der Waals surface area contributed by atoms with Crippen LogP contribution < -0.4 is 14.8 Å². The number of hydrogen-bond acceptors (Lipinski definition) is 4. The van der Waals surface area contributed by atoms with Gasteiger partial charge in [-0.2, -0.15) is 0 Å². The molecule has 1 aromatic carbocycles. The highest BCUT2D eigenvalue weighted by Gasteiger charge is 2.21. The molecule has 0 spiro atoms. The Balaban J connectivity index is 1.85. The predicted molar refractivity (Wildman–Crippen MR) is 106 cm³/mol. The van der Waals surface area contributed by atoms with Gasteiger partial charge >= 0.3 is 0 Å². The molecule has 1 N–H and O–H groups in total. The molecular formula is C20H29ClN2O3. The van der Waals surface area contributed by atoms with Crippen LogP contribution in [-0.4, -0.2) is 51.2 Å². The standard InChI is InChI=1S/C20H29ClN2O3/c1-14-9-15(2)13-23(12-14)8-7-22-19(24)6-5-16-10-17(21)20(26-4)18(11-16)25-3/h5-6,10-11,14-15H,7-9,12-13H2,1-4H3,(H,22,24)/b6-5+. The number of methoxy groups -OCH3 is 2. The van der Waals surface area contributed by atoms with E-state index in [1.54, 1.807) is 25.3 Å². The monoisotopic (exact) mass is 380 g/mol. The number of benzene rings is 1. The maximum absolute atomic E-state index is 12.0. The molecule has 6 heteroatoms. The smallest absolute Gasteiger partial charge is 0.244 e. The molecule has 1 amide bonds. The van der Waals surface area contributed by atoms with E-state index in [0.29, 0.717) is 23.1 Å². The fraction of sp³-hybridized carbons (Fsp3) is 0.550. The Morgan fingerprint density at radius 1 is 1.27 bits per heavy atom. The second kappa shape index (κ2) is 9.83. The Hall–Kier alpha value is -1.72. The Labute approximate surface area is 161 Å². The third kappa shape index (κ3) is 5.92. The van der Waals surface area contributed by atoms with Gasteiger partial charge in [0.15, 0.2) is 11.5 Å². The van der Waals surface area contributed by atoms with Crippen molar-refractivity contribution in [3.63, 3.8) is 0 Å². The fourth-order valence-corrected chi connectivity index (χ4v) is 3.87. The van der Waals surface area contributed by atoms with Gasteiger partial charge in [0.1, 0.15) is 0 Å². The molecule has 1 heterocycles. The van der Waals surface area contributed by atoms with Crippen LogP contribution in [0.15, 0.2) is 18.2 Å². The summed E-state index contributed by atoms with van der Waals surface area (Å²) in [5, 5.41) is 3.38. The van der Waals surface area contributed by atoms with Gasteiger partial charge < -0.3 is 19.7 Å². The summed E-state index contributed by atoms with van der Waals surface area (Å²) in [5.74, 6) is 2.36. The molecule has 0 bridgehead atoms. The van der Waals surface area contributed by atoms with Crippen LogP contribution in [-0.2, 0) is 4.79 Å². The Morgan fingerprint density at radius 3 is 2.58 bits per heavy atom. The van der Waals surface area contributed by atoms with Crippen LogP contribution in [0.3, 0.4) is 0 Å². The molecule has 2 unspecified atom stereocenters. The van der Waals surface area contributed by atoms with Gasteiger partial charge in [-0.15, -0.1) is 0 Å². The summed E-state index contributed by atoms with van der Waals surface area (Å²) >= 11 is 6.18. The first-order valence-electron chi connectivity index (χ1n) is 9.02. The zero-order chi connectivity index (χ0) is 19.1. The van der Waals surface area contributed by atoms with E-state index in [1.165, 1.54) is 19.6 Å². The lowest BCUT2D eigenvalue weighted by Gasteiger charge is -2.34. The van der Waals surface area contributed by atoms with Crippen LogP contribution >= 0.6 is 11.6 Å². The molecule has 2 rings (SSSR count). The van der Waals surface area contributed by atoms with E-state index in [-0.39, 0.29) is 5.91 Å². The highest BCUT2D eigenvalue weighted by Crippen LogP contribution is 2.36. The van der Waals surface area contributed by atoms with Crippen molar-refractivity contribution in [3.8, 4) is 11.5 Å². The average molecular weight is 381 g/mol. The molecule has 0 radical (unpaired) electrons. The summed E-state index contributed by atoms with van der Waals surface area (Å²) in [4.78, 5) is 14.5. The first kappa shape index (κ1) is 20.6. The number of carbonyl (C=O) groups excluding carboxylic acids is 1. The lowest BCUT2D eigenvalue weighted by atomic mass is 9.92. The first-order valence-corrected chi connectivity index (χ1v) is 9.40. The van der Waals surface area contributed by atoms with Crippen molar-refractivity contribution in [2.24, 2.45) is 11.8 Å². The van der Waals surface area contributed by atoms with Crippen molar-refractivity contribution in [1.29, 1.82) is 0 Å². The summed E-state index contributed by atoms with van der Waals surface area (Å²) in [6.45, 7) is 8.34. The van der Waals surface area contributed by atoms with Gasteiger partial charge in [-0.25, -0.2) is 0 Å². The van der Waals surface area contributed by atoms with Crippen molar-refractivity contribution in [2.45, 2.75) is 20.3 Å². The largest absolute Gasteiger partial charge is 0.493 e. The van der Waals surface area contributed by atoms with Crippen LogP contribution in [0.4, 0.5) is 0 Å². The summed E-state index contributed by atoms with van der Waals surface area (Å²) in [7, 11) is 3.09. The van der Waals surface area contributed by atoms with E-state index >= 15 is 0 Å². The topological polar surface area (TPSA) is 50.8 Å². The van der Waals surface area contributed by atoms with E-state index in [4.69, 9.17) is 21.1 Å². The Kier molecular flexibility index (Phi) is 7.79. The van der Waals surface area contributed by atoms with Gasteiger partial charge in [-0.05, 0) is 42.0 Å². The Bertz CT molecular complexity index is 638. The number of piperidine rings is 1. The van der Waals surface area contributed by atoms with Crippen LogP contribution in [0.1, 0.15) is 25.8 Å². The number of ether oxygens (including phenoxy) is 2. The van der Waals surface area contributed by atoms with Crippen LogP contribution in [0.25, 0.3) is 6.08 Å². The number of rotatable bonds is 7. The van der Waals surface area contributed by atoms with Gasteiger partial charge in [0, 0.05) is 32.3 Å². The van der Waals surface area contributed by atoms with E-state index in [9.17, 15) is 4.79 Å². The predicted octanol–water partition coefficient (Wildman–Crippen LogP) is 3.46. The minimum absolute atomic E-state index is 0.117. The number of nitrogens with zero attached hydrogens (tertiary/aromatic N) is 1. The van der Waals surface area contributed by atoms with Gasteiger partial charge in [0.25, 0.3) is 0 Å². The molecular weight excluding hydrogens is 352 g/mol. The zero-order valence-corrected chi connectivity index (χ0v) is 16.8. The number of likely N-dealkylation sites (tertiary alicyclic amines) is 1. The molecule has 1 aliphatic heterocycles. The van der Waals surface area contributed by atoms with Gasteiger partial charge in [0.2, 0.25) is 5.91 Å². The quantitative estimate of drug-likeness (QED) is 0.736. The second-order valence-corrected chi connectivity index (χ2v) is 7.48. The zero-order valence-electron chi connectivity index (χ0n) is 16.0. The van der Waals surface area contributed by atoms with Crippen molar-refractivity contribution in [2.75, 3.05) is 40.4 Å². The molecule has 5 nitrogen and oxygen atoms in total. The van der Waals surface area contributed by atoms with E-state index in [2.05, 4.69) is 24.1 Å². The molecule has 1 aromatic rings. The lowest BCUT2D eigenvalue weighted by molar-refractivity contribution is -0.116. The highest BCUT2D eigenvalue weighted by molar-refractivity contribution is 6.32. The van der Waals surface area contributed by atoms with Crippen LogP contribution in [0.2, 0.25) is 5.02 Å². The highest BCUT2D eigenvalue weighted by atomic mass is 35.5. The molecule has 1 saturated heterocycles. The van der Waals surface area contributed by atoms with Crippen LogP contribution in [0.5, 0.6) is 11.5 Å². The van der Waals surface area contributed by atoms with Gasteiger partial charge in [0.05, 0.1) is 19.2 Å². The third-order valence-corrected chi connectivity index (χ3v) is 4.84. The van der Waals surface area contributed by atoms with Gasteiger partial charge in [-0.1, -0.05) is 25.4 Å². The SMILES string of the molecule is COc1cc(/C=C/C(=O)NCCN2CC(C)CC(C)C2)cc(Cl)c1OC. The number of hydrogen-bond donors (Lipinski definition) is 1. The lowest BCUT2D eigenvalue weighted by Crippen LogP contribution is -2.42. The summed E-state index contributed by atoms with van der Waals surface area (Å²) in [6.07, 6.45) is 4.52. The third-order valence-electron chi connectivity index (χ3n) is 4.55. The maximum atomic E-state index is 12.0. The summed E-state index contributed by atoms with van der Waals surface area (Å²) < 4.78 is 10.5. The average Bonchev–Trinajstić information content (AvgIpc) is 2.58. The van der Waals surface area contributed by atoms with E-state index in [1.807, 2.05) is 0 Å². The molecule has 1 fully saturated rings. The fourth-order valence-electron chi connectivity index (χ4n) is 3.58.